The Kier molecular flexibility index (Phi) is 3.15. The Balaban J connectivity index is 1.73. The fourth-order valence-corrected chi connectivity index (χ4v) is 4.81. The fraction of sp³-hybridized carbons (Fsp3) is 0.400. The quantitative estimate of drug-likeness (QED) is 0.797. The van der Waals surface area contributed by atoms with Crippen LogP contribution in [-0.4, -0.2) is 15.0 Å². The van der Waals surface area contributed by atoms with E-state index in [0.717, 1.165) is 40.1 Å². The molecule has 0 spiro atoms. The van der Waals surface area contributed by atoms with Crippen LogP contribution in [0.25, 0.3) is 10.2 Å². The second kappa shape index (κ2) is 5.03. The number of thiophene rings is 1. The van der Waals surface area contributed by atoms with Gasteiger partial charge in [-0.3, -0.25) is 0 Å². The maximum atomic E-state index is 4.63. The second-order valence-electron chi connectivity index (χ2n) is 5.37. The van der Waals surface area contributed by atoms with Gasteiger partial charge < -0.3 is 5.32 Å². The number of hydrogen-bond acceptors (Lipinski definition) is 6. The maximum absolute atomic E-state index is 4.63. The zero-order valence-corrected chi connectivity index (χ0v) is 13.7. The largest absolute Gasteiger partial charge is 0.364 e. The number of rotatable bonds is 3. The minimum atomic E-state index is 0.723. The molecule has 1 aliphatic carbocycles. The number of fused-ring (bicyclic) bond motifs is 3. The number of aromatic nitrogens is 3. The molecule has 0 saturated carbocycles. The molecule has 3 aromatic heterocycles. The molecule has 1 N–H and O–H groups in total. The van der Waals surface area contributed by atoms with Crippen LogP contribution in [0.3, 0.4) is 0 Å². The van der Waals surface area contributed by atoms with E-state index in [1.54, 1.807) is 11.3 Å². The van der Waals surface area contributed by atoms with Gasteiger partial charge in [-0.2, -0.15) is 0 Å². The molecule has 0 saturated heterocycles. The second-order valence-corrected chi connectivity index (χ2v) is 7.51. The van der Waals surface area contributed by atoms with Crippen LogP contribution in [0.15, 0.2) is 5.38 Å². The minimum Gasteiger partial charge on any atom is -0.364 e. The van der Waals surface area contributed by atoms with Crippen LogP contribution in [0.5, 0.6) is 0 Å². The molecule has 0 aliphatic heterocycles. The molecule has 0 unspecified atom stereocenters. The predicted molar refractivity (Wildman–Crippen MR) is 88.4 cm³/mol. The molecule has 21 heavy (non-hydrogen) atoms. The Morgan fingerprint density at radius 2 is 2.10 bits per heavy atom. The van der Waals surface area contributed by atoms with E-state index in [0.29, 0.717) is 0 Å². The standard InChI is InChI=1S/C15H16N4S2/c1-8-17-14(16-6-10-7-20-9(2)19-10)13-11-4-3-5-12(11)21-15(13)18-8/h7H,3-6H2,1-2H3,(H,16,17,18). The molecule has 3 heterocycles. The SMILES string of the molecule is Cc1nc(NCc2csc(C)n2)c2c3c(sc2n1)CCC3. The molecule has 6 heteroatoms. The Morgan fingerprint density at radius 1 is 1.19 bits per heavy atom. The summed E-state index contributed by atoms with van der Waals surface area (Å²) in [5.74, 6) is 1.81. The lowest BCUT2D eigenvalue weighted by molar-refractivity contribution is 0.916. The van der Waals surface area contributed by atoms with Gasteiger partial charge in [-0.15, -0.1) is 22.7 Å². The minimum absolute atomic E-state index is 0.723. The summed E-state index contributed by atoms with van der Waals surface area (Å²) in [5.41, 5.74) is 2.54. The van der Waals surface area contributed by atoms with Gasteiger partial charge in [0.15, 0.2) is 0 Å². The molecule has 0 amide bonds. The lowest BCUT2D eigenvalue weighted by atomic mass is 10.2. The summed E-state index contributed by atoms with van der Waals surface area (Å²) in [6.45, 7) is 4.72. The number of aryl methyl sites for hydroxylation is 4. The van der Waals surface area contributed by atoms with Gasteiger partial charge >= 0.3 is 0 Å². The molecule has 1 aliphatic rings. The van der Waals surface area contributed by atoms with E-state index in [1.165, 1.54) is 28.7 Å². The predicted octanol–water partition coefficient (Wildman–Crippen LogP) is 3.87. The highest BCUT2D eigenvalue weighted by atomic mass is 32.1. The molecule has 0 bridgehead atoms. The van der Waals surface area contributed by atoms with Crippen molar-refractivity contribution in [3.8, 4) is 0 Å². The summed E-state index contributed by atoms with van der Waals surface area (Å²) < 4.78 is 0. The lowest BCUT2D eigenvalue weighted by Crippen LogP contribution is -2.04. The summed E-state index contributed by atoms with van der Waals surface area (Å²) in [6.07, 6.45) is 3.61. The molecule has 0 fully saturated rings. The van der Waals surface area contributed by atoms with E-state index in [4.69, 9.17) is 0 Å². The first-order chi connectivity index (χ1) is 10.2. The Hall–Kier alpha value is -1.53. The Labute approximate surface area is 131 Å². The van der Waals surface area contributed by atoms with Crippen LogP contribution in [-0.2, 0) is 19.4 Å². The van der Waals surface area contributed by atoms with E-state index in [1.807, 2.05) is 25.2 Å². The first-order valence-corrected chi connectivity index (χ1v) is 8.84. The molecule has 3 aromatic rings. The van der Waals surface area contributed by atoms with Gasteiger partial charge in [0.05, 0.1) is 22.6 Å². The molecule has 4 rings (SSSR count). The normalized spacial score (nSPS) is 13.8. The Morgan fingerprint density at radius 3 is 2.90 bits per heavy atom. The first kappa shape index (κ1) is 13.2. The van der Waals surface area contributed by atoms with Gasteiger partial charge in [-0.05, 0) is 38.7 Å². The monoisotopic (exact) mass is 316 g/mol. The van der Waals surface area contributed by atoms with E-state index in [-0.39, 0.29) is 0 Å². The van der Waals surface area contributed by atoms with Crippen molar-refractivity contribution >= 4 is 38.7 Å². The van der Waals surface area contributed by atoms with Crippen LogP contribution in [0.2, 0.25) is 0 Å². The highest BCUT2D eigenvalue weighted by Gasteiger charge is 2.21. The van der Waals surface area contributed by atoms with E-state index in [9.17, 15) is 0 Å². The van der Waals surface area contributed by atoms with Crippen molar-refractivity contribution in [3.63, 3.8) is 0 Å². The van der Waals surface area contributed by atoms with Gasteiger partial charge in [0.2, 0.25) is 0 Å². The van der Waals surface area contributed by atoms with Crippen molar-refractivity contribution in [2.24, 2.45) is 0 Å². The molecule has 0 radical (unpaired) electrons. The number of thiazole rings is 1. The van der Waals surface area contributed by atoms with E-state index < -0.39 is 0 Å². The van der Waals surface area contributed by atoms with Gasteiger partial charge in [0.25, 0.3) is 0 Å². The number of anilines is 1. The van der Waals surface area contributed by atoms with Crippen LogP contribution >= 0.6 is 22.7 Å². The third kappa shape index (κ3) is 2.32. The number of nitrogens with one attached hydrogen (secondary N) is 1. The maximum Gasteiger partial charge on any atom is 0.139 e. The van der Waals surface area contributed by atoms with Gasteiger partial charge in [0.1, 0.15) is 16.5 Å². The highest BCUT2D eigenvalue weighted by Crippen LogP contribution is 2.39. The zero-order valence-electron chi connectivity index (χ0n) is 12.1. The summed E-state index contributed by atoms with van der Waals surface area (Å²) >= 11 is 3.52. The highest BCUT2D eigenvalue weighted by molar-refractivity contribution is 7.19. The zero-order chi connectivity index (χ0) is 14.4. The van der Waals surface area contributed by atoms with E-state index >= 15 is 0 Å². The molecular weight excluding hydrogens is 300 g/mol. The summed E-state index contributed by atoms with van der Waals surface area (Å²) in [7, 11) is 0. The van der Waals surface area contributed by atoms with Crippen molar-refractivity contribution in [1.82, 2.24) is 15.0 Å². The molecule has 0 aromatic carbocycles. The van der Waals surface area contributed by atoms with Crippen molar-refractivity contribution in [2.75, 3.05) is 5.32 Å². The van der Waals surface area contributed by atoms with Crippen LogP contribution in [0.1, 0.15) is 33.4 Å². The molecular formula is C15H16N4S2. The number of hydrogen-bond donors (Lipinski definition) is 1. The van der Waals surface area contributed by atoms with Gasteiger partial charge in [-0.1, -0.05) is 0 Å². The van der Waals surface area contributed by atoms with Gasteiger partial charge in [-0.25, -0.2) is 15.0 Å². The summed E-state index contributed by atoms with van der Waals surface area (Å²) in [6, 6.07) is 0. The summed E-state index contributed by atoms with van der Waals surface area (Å²) in [5, 5.41) is 7.92. The topological polar surface area (TPSA) is 50.7 Å². The average molecular weight is 316 g/mol. The average Bonchev–Trinajstić information content (AvgIpc) is 3.11. The van der Waals surface area contributed by atoms with Crippen molar-refractivity contribution in [1.29, 1.82) is 0 Å². The molecule has 0 atom stereocenters. The van der Waals surface area contributed by atoms with Gasteiger partial charge in [0, 0.05) is 10.3 Å². The smallest absolute Gasteiger partial charge is 0.139 e. The van der Waals surface area contributed by atoms with Crippen molar-refractivity contribution in [2.45, 2.75) is 39.7 Å². The van der Waals surface area contributed by atoms with Crippen LogP contribution in [0, 0.1) is 13.8 Å². The van der Waals surface area contributed by atoms with Crippen molar-refractivity contribution < 1.29 is 0 Å². The fourth-order valence-electron chi connectivity index (χ4n) is 2.89. The molecule has 4 nitrogen and oxygen atoms in total. The Bertz CT molecular complexity index is 819. The third-order valence-corrected chi connectivity index (χ3v) is 5.79. The summed E-state index contributed by atoms with van der Waals surface area (Å²) in [4.78, 5) is 16.4. The molecule has 108 valence electrons. The van der Waals surface area contributed by atoms with E-state index in [2.05, 4.69) is 25.6 Å². The third-order valence-electron chi connectivity index (χ3n) is 3.78. The van der Waals surface area contributed by atoms with Crippen LogP contribution < -0.4 is 5.32 Å². The lowest BCUT2D eigenvalue weighted by Gasteiger charge is -2.07. The number of nitrogens with zero attached hydrogens (tertiary/aromatic N) is 3. The van der Waals surface area contributed by atoms with Crippen molar-refractivity contribution in [3.05, 3.63) is 32.3 Å². The first-order valence-electron chi connectivity index (χ1n) is 7.14. The van der Waals surface area contributed by atoms with Crippen LogP contribution in [0.4, 0.5) is 5.82 Å².